The predicted octanol–water partition coefficient (Wildman–Crippen LogP) is 2.62. The van der Waals surface area contributed by atoms with Crippen LogP contribution in [0.25, 0.3) is 0 Å². The van der Waals surface area contributed by atoms with Crippen LogP contribution < -0.4 is 11.1 Å². The summed E-state index contributed by atoms with van der Waals surface area (Å²) in [5.41, 5.74) is 6.24. The van der Waals surface area contributed by atoms with Gasteiger partial charge in [0.15, 0.2) is 0 Å². The third-order valence-electron chi connectivity index (χ3n) is 3.20. The number of hydrogen-bond donors (Lipinski definition) is 2. The lowest BCUT2D eigenvalue weighted by atomic mass is 10.1. The van der Waals surface area contributed by atoms with Crippen molar-refractivity contribution in [2.75, 3.05) is 37.3 Å². The van der Waals surface area contributed by atoms with Crippen LogP contribution in [0, 0.1) is 0 Å². The Balaban J connectivity index is 1.99. The van der Waals surface area contributed by atoms with Gasteiger partial charge in [-0.25, -0.2) is 0 Å². The first-order chi connectivity index (χ1) is 9.77. The standard InChI is InChI=1S/C14H19Cl2N3O2/c1-14(2)8-19(3-4-21-14)7-12(20)18-13-10(15)5-9(17)6-11(13)16/h5-6H,3-4,7-8,17H2,1-2H3,(H,18,20). The quantitative estimate of drug-likeness (QED) is 0.835. The Hall–Kier alpha value is -1.01. The summed E-state index contributed by atoms with van der Waals surface area (Å²) in [5.74, 6) is -0.165. The van der Waals surface area contributed by atoms with E-state index in [9.17, 15) is 4.79 Å². The van der Waals surface area contributed by atoms with Gasteiger partial charge in [-0.2, -0.15) is 0 Å². The van der Waals surface area contributed by atoms with Gasteiger partial charge in [-0.1, -0.05) is 23.2 Å². The summed E-state index contributed by atoms with van der Waals surface area (Å²) in [6, 6.07) is 3.11. The molecule has 1 heterocycles. The topological polar surface area (TPSA) is 67.6 Å². The average Bonchev–Trinajstić information content (AvgIpc) is 2.32. The maximum atomic E-state index is 12.1. The number of nitrogens with one attached hydrogen (secondary N) is 1. The number of hydrogen-bond acceptors (Lipinski definition) is 4. The van der Waals surface area contributed by atoms with Crippen LogP contribution in [0.5, 0.6) is 0 Å². The highest BCUT2D eigenvalue weighted by Gasteiger charge is 2.28. The van der Waals surface area contributed by atoms with Crippen molar-refractivity contribution in [3.05, 3.63) is 22.2 Å². The second-order valence-corrected chi connectivity index (χ2v) is 6.54. The van der Waals surface area contributed by atoms with Crippen molar-refractivity contribution >= 4 is 40.5 Å². The molecule has 1 saturated heterocycles. The fourth-order valence-electron chi connectivity index (χ4n) is 2.34. The van der Waals surface area contributed by atoms with E-state index in [1.54, 1.807) is 12.1 Å². The number of ether oxygens (including phenoxy) is 1. The SMILES string of the molecule is CC1(C)CN(CC(=O)Nc2c(Cl)cc(N)cc2Cl)CCO1. The number of nitrogens with zero attached hydrogens (tertiary/aromatic N) is 1. The molecule has 1 amide bonds. The number of anilines is 2. The number of nitrogens with two attached hydrogens (primary N) is 1. The summed E-state index contributed by atoms with van der Waals surface area (Å²) in [4.78, 5) is 14.2. The van der Waals surface area contributed by atoms with Crippen LogP contribution >= 0.6 is 23.2 Å². The van der Waals surface area contributed by atoms with E-state index in [1.807, 2.05) is 18.7 Å². The zero-order chi connectivity index (χ0) is 15.6. The van der Waals surface area contributed by atoms with E-state index in [4.69, 9.17) is 33.7 Å². The molecule has 0 unspecified atom stereocenters. The Kier molecular flexibility index (Phi) is 4.99. The molecule has 1 aliphatic rings. The van der Waals surface area contributed by atoms with E-state index >= 15 is 0 Å². The molecule has 0 spiro atoms. The predicted molar refractivity (Wildman–Crippen MR) is 86.0 cm³/mol. The molecule has 2 rings (SSSR count). The van der Waals surface area contributed by atoms with Crippen molar-refractivity contribution in [1.82, 2.24) is 4.90 Å². The van der Waals surface area contributed by atoms with E-state index in [1.165, 1.54) is 0 Å². The normalized spacial score (nSPS) is 18.5. The number of halogens is 2. The Morgan fingerprint density at radius 1 is 1.43 bits per heavy atom. The second-order valence-electron chi connectivity index (χ2n) is 5.73. The molecule has 0 aliphatic carbocycles. The van der Waals surface area contributed by atoms with Crippen molar-refractivity contribution in [3.8, 4) is 0 Å². The van der Waals surface area contributed by atoms with Crippen LogP contribution in [0.4, 0.5) is 11.4 Å². The summed E-state index contributed by atoms with van der Waals surface area (Å²) in [6.45, 7) is 6.31. The van der Waals surface area contributed by atoms with Gasteiger partial charge in [0.25, 0.3) is 0 Å². The van der Waals surface area contributed by atoms with Crippen molar-refractivity contribution in [1.29, 1.82) is 0 Å². The van der Waals surface area contributed by atoms with Gasteiger partial charge in [-0.15, -0.1) is 0 Å². The molecule has 5 nitrogen and oxygen atoms in total. The zero-order valence-electron chi connectivity index (χ0n) is 12.1. The minimum atomic E-state index is -0.241. The Morgan fingerprint density at radius 3 is 2.62 bits per heavy atom. The maximum absolute atomic E-state index is 12.1. The molecule has 0 aromatic heterocycles. The summed E-state index contributed by atoms with van der Waals surface area (Å²) >= 11 is 12.1. The van der Waals surface area contributed by atoms with Crippen LogP contribution in [-0.4, -0.2) is 42.6 Å². The highest BCUT2D eigenvalue weighted by atomic mass is 35.5. The minimum Gasteiger partial charge on any atom is -0.399 e. The molecular formula is C14H19Cl2N3O2. The van der Waals surface area contributed by atoms with Gasteiger partial charge in [0.1, 0.15) is 0 Å². The average molecular weight is 332 g/mol. The van der Waals surface area contributed by atoms with Crippen molar-refractivity contribution in [3.63, 3.8) is 0 Å². The summed E-state index contributed by atoms with van der Waals surface area (Å²) in [6.07, 6.45) is 0. The number of benzene rings is 1. The third-order valence-corrected chi connectivity index (χ3v) is 3.80. The van der Waals surface area contributed by atoms with Crippen LogP contribution in [0.2, 0.25) is 10.0 Å². The Labute approximate surface area is 134 Å². The van der Waals surface area contributed by atoms with Crippen molar-refractivity contribution < 1.29 is 9.53 Å². The first-order valence-electron chi connectivity index (χ1n) is 6.67. The lowest BCUT2D eigenvalue weighted by molar-refractivity contribution is -0.122. The summed E-state index contributed by atoms with van der Waals surface area (Å²) < 4.78 is 5.62. The van der Waals surface area contributed by atoms with Gasteiger partial charge in [0.2, 0.25) is 5.91 Å². The molecule has 0 bridgehead atoms. The number of morpholine rings is 1. The first-order valence-corrected chi connectivity index (χ1v) is 7.43. The fraction of sp³-hybridized carbons (Fsp3) is 0.500. The summed E-state index contributed by atoms with van der Waals surface area (Å²) in [7, 11) is 0. The highest BCUT2D eigenvalue weighted by molar-refractivity contribution is 6.40. The zero-order valence-corrected chi connectivity index (χ0v) is 13.6. The molecule has 1 fully saturated rings. The lowest BCUT2D eigenvalue weighted by Gasteiger charge is -2.37. The molecule has 1 aliphatic heterocycles. The van der Waals surface area contributed by atoms with Gasteiger partial charge in [0, 0.05) is 18.8 Å². The molecule has 0 radical (unpaired) electrons. The number of carbonyl (C=O) groups is 1. The number of amides is 1. The van der Waals surface area contributed by atoms with Crippen molar-refractivity contribution in [2.24, 2.45) is 0 Å². The van der Waals surface area contributed by atoms with Crippen LogP contribution in [0.1, 0.15) is 13.8 Å². The molecule has 116 valence electrons. The number of carbonyl (C=O) groups excluding carboxylic acids is 1. The van der Waals surface area contributed by atoms with Gasteiger partial charge >= 0.3 is 0 Å². The van der Waals surface area contributed by atoms with Gasteiger partial charge < -0.3 is 15.8 Å². The molecule has 0 atom stereocenters. The Morgan fingerprint density at radius 2 is 2.05 bits per heavy atom. The molecular weight excluding hydrogens is 313 g/mol. The first kappa shape index (κ1) is 16.4. The molecule has 0 saturated carbocycles. The van der Waals surface area contributed by atoms with Gasteiger partial charge in [-0.05, 0) is 26.0 Å². The largest absolute Gasteiger partial charge is 0.399 e. The van der Waals surface area contributed by atoms with Crippen LogP contribution in [0.15, 0.2) is 12.1 Å². The third kappa shape index (κ3) is 4.48. The van der Waals surface area contributed by atoms with Crippen LogP contribution in [0.3, 0.4) is 0 Å². The van der Waals surface area contributed by atoms with Crippen LogP contribution in [-0.2, 0) is 9.53 Å². The maximum Gasteiger partial charge on any atom is 0.238 e. The smallest absolute Gasteiger partial charge is 0.238 e. The monoisotopic (exact) mass is 331 g/mol. The van der Waals surface area contributed by atoms with Crippen molar-refractivity contribution in [2.45, 2.75) is 19.4 Å². The van der Waals surface area contributed by atoms with E-state index in [2.05, 4.69) is 5.32 Å². The molecule has 1 aromatic carbocycles. The van der Waals surface area contributed by atoms with E-state index in [0.29, 0.717) is 34.6 Å². The van der Waals surface area contributed by atoms with Gasteiger partial charge in [-0.3, -0.25) is 9.69 Å². The highest BCUT2D eigenvalue weighted by Crippen LogP contribution is 2.32. The Bertz CT molecular complexity index is 526. The molecule has 7 heteroatoms. The number of rotatable bonds is 3. The fourth-order valence-corrected chi connectivity index (χ4v) is 2.94. The van der Waals surface area contributed by atoms with E-state index in [-0.39, 0.29) is 18.1 Å². The van der Waals surface area contributed by atoms with E-state index < -0.39 is 0 Å². The lowest BCUT2D eigenvalue weighted by Crippen LogP contribution is -2.50. The summed E-state index contributed by atoms with van der Waals surface area (Å²) in [5, 5.41) is 3.40. The minimum absolute atomic E-state index is 0.165. The second kappa shape index (κ2) is 6.40. The molecule has 1 aromatic rings. The molecule has 3 N–H and O–H groups in total. The van der Waals surface area contributed by atoms with E-state index in [0.717, 1.165) is 6.54 Å². The number of nitrogen functional groups attached to an aromatic ring is 1. The molecule has 21 heavy (non-hydrogen) atoms. The van der Waals surface area contributed by atoms with Gasteiger partial charge in [0.05, 0.1) is 34.5 Å².